The molecule has 25 heavy (non-hydrogen) atoms. The van der Waals surface area contributed by atoms with Gasteiger partial charge in [0.2, 0.25) is 0 Å². The normalized spacial score (nSPS) is 16.8. The molecule has 1 fully saturated rings. The summed E-state index contributed by atoms with van der Waals surface area (Å²) < 4.78 is 11.1. The maximum Gasteiger partial charge on any atom is 0.163 e. The molecule has 0 unspecified atom stereocenters. The molecule has 0 saturated carbocycles. The minimum absolute atomic E-state index is 0.471. The molecule has 1 aromatic carbocycles. The number of rotatable bonds is 10. The zero-order chi connectivity index (χ0) is 18.0. The van der Waals surface area contributed by atoms with Crippen LogP contribution in [0.15, 0.2) is 41.7 Å². The summed E-state index contributed by atoms with van der Waals surface area (Å²) in [4.78, 5) is 0. The molecule has 1 heterocycles. The van der Waals surface area contributed by atoms with Crippen molar-refractivity contribution in [2.45, 2.75) is 77.4 Å². The quantitative estimate of drug-likeness (QED) is 0.420. The molecule has 1 aliphatic heterocycles. The first-order valence-electron chi connectivity index (χ1n) is 9.78. The number of unbranched alkanes of at least 4 members (excludes halogenated alkanes) is 6. The summed E-state index contributed by atoms with van der Waals surface area (Å²) in [6, 6.07) is 10.7. The third-order valence-electron chi connectivity index (χ3n) is 4.82. The fourth-order valence-electron chi connectivity index (χ4n) is 3.10. The van der Waals surface area contributed by atoms with Crippen molar-refractivity contribution in [3.05, 3.63) is 47.2 Å². The smallest absolute Gasteiger partial charge is 0.163 e. The van der Waals surface area contributed by atoms with E-state index >= 15 is 0 Å². The molecule has 1 N–H and O–H groups in total. The molecule has 2 rings (SSSR count). The highest BCUT2D eigenvalue weighted by atomic mass is 16.7. The van der Waals surface area contributed by atoms with Crippen LogP contribution in [0, 0.1) is 0 Å². The summed E-state index contributed by atoms with van der Waals surface area (Å²) in [5, 5.41) is 10.1. The maximum atomic E-state index is 10.1. The van der Waals surface area contributed by atoms with Gasteiger partial charge in [0.15, 0.2) is 5.79 Å². The van der Waals surface area contributed by atoms with Crippen molar-refractivity contribution in [1.82, 2.24) is 0 Å². The van der Waals surface area contributed by atoms with Gasteiger partial charge in [-0.15, -0.1) is 0 Å². The second-order valence-corrected chi connectivity index (χ2v) is 7.49. The van der Waals surface area contributed by atoms with E-state index < -0.39 is 5.79 Å². The van der Waals surface area contributed by atoms with Gasteiger partial charge in [0, 0.05) is 12.0 Å². The molecule has 0 amide bonds. The highest BCUT2D eigenvalue weighted by Crippen LogP contribution is 2.23. The van der Waals surface area contributed by atoms with Crippen LogP contribution in [-0.2, 0) is 15.9 Å². The van der Waals surface area contributed by atoms with Crippen LogP contribution in [0.5, 0.6) is 0 Å². The minimum Gasteiger partial charge on any atom is -0.512 e. The Balaban J connectivity index is 1.45. The lowest BCUT2D eigenvalue weighted by molar-refractivity contribution is -0.226. The summed E-state index contributed by atoms with van der Waals surface area (Å²) in [5.41, 5.74) is 2.35. The van der Waals surface area contributed by atoms with Gasteiger partial charge >= 0.3 is 0 Å². The van der Waals surface area contributed by atoms with Crippen molar-refractivity contribution in [3.63, 3.8) is 0 Å². The number of hydrogen-bond donors (Lipinski definition) is 1. The molecule has 1 aromatic rings. The molecule has 140 valence electrons. The number of aliphatic hydroxyl groups excluding tert-OH is 1. The standard InChI is InChI=1S/C22H34O3/c1-22(2)24-17-20(18-25-22)21(23)16-12-7-5-3-4-6-9-13-19-14-10-8-11-15-19/h8,10-11,14-15,23H,3-7,9,12-13,16-18H2,1-2H3. The Bertz CT molecular complexity index is 507. The number of aliphatic hydroxyl groups is 1. The van der Waals surface area contributed by atoms with Gasteiger partial charge in [0.1, 0.15) is 0 Å². The summed E-state index contributed by atoms with van der Waals surface area (Å²) in [5.74, 6) is -0.0528. The van der Waals surface area contributed by atoms with Gasteiger partial charge in [0.05, 0.1) is 19.0 Å². The Morgan fingerprint density at radius 1 is 0.880 bits per heavy atom. The van der Waals surface area contributed by atoms with Crippen LogP contribution in [0.2, 0.25) is 0 Å². The molecule has 1 aliphatic rings. The zero-order valence-electron chi connectivity index (χ0n) is 15.9. The topological polar surface area (TPSA) is 38.7 Å². The SMILES string of the molecule is CC1(C)OCC(=C(O)CCCCCCCCCc2ccccc2)CO1. The Hall–Kier alpha value is -1.32. The Kier molecular flexibility index (Phi) is 8.50. The second kappa shape index (κ2) is 10.6. The van der Waals surface area contributed by atoms with Crippen LogP contribution >= 0.6 is 0 Å². The van der Waals surface area contributed by atoms with Crippen LogP contribution in [0.1, 0.15) is 70.8 Å². The Morgan fingerprint density at radius 2 is 1.44 bits per heavy atom. The maximum absolute atomic E-state index is 10.1. The monoisotopic (exact) mass is 346 g/mol. The molecular formula is C22H34O3. The molecule has 3 heteroatoms. The molecule has 0 aliphatic carbocycles. The van der Waals surface area contributed by atoms with Crippen molar-refractivity contribution in [2.75, 3.05) is 13.2 Å². The summed E-state index contributed by atoms with van der Waals surface area (Å²) in [6.45, 7) is 4.78. The second-order valence-electron chi connectivity index (χ2n) is 7.49. The lowest BCUT2D eigenvalue weighted by Gasteiger charge is -2.32. The predicted octanol–water partition coefficient (Wildman–Crippen LogP) is 5.94. The fraction of sp³-hybridized carbons (Fsp3) is 0.636. The summed E-state index contributed by atoms with van der Waals surface area (Å²) >= 11 is 0. The first-order valence-corrected chi connectivity index (χ1v) is 9.78. The van der Waals surface area contributed by atoms with Crippen molar-refractivity contribution >= 4 is 0 Å². The molecule has 3 nitrogen and oxygen atoms in total. The lowest BCUT2D eigenvalue weighted by atomic mass is 10.0. The van der Waals surface area contributed by atoms with Gasteiger partial charge in [-0.3, -0.25) is 0 Å². The lowest BCUT2D eigenvalue weighted by Crippen LogP contribution is -2.36. The summed E-state index contributed by atoms with van der Waals surface area (Å²) in [7, 11) is 0. The molecule has 0 radical (unpaired) electrons. The average Bonchev–Trinajstić information content (AvgIpc) is 2.61. The summed E-state index contributed by atoms with van der Waals surface area (Å²) in [6.07, 6.45) is 10.6. The first kappa shape index (κ1) is 20.0. The zero-order valence-corrected chi connectivity index (χ0v) is 15.9. The van der Waals surface area contributed by atoms with Crippen LogP contribution in [0.25, 0.3) is 0 Å². The van der Waals surface area contributed by atoms with Gasteiger partial charge < -0.3 is 14.6 Å². The number of benzene rings is 1. The third-order valence-corrected chi connectivity index (χ3v) is 4.82. The van der Waals surface area contributed by atoms with E-state index in [2.05, 4.69) is 30.3 Å². The third kappa shape index (κ3) is 8.06. The molecule has 0 atom stereocenters. The Morgan fingerprint density at radius 3 is 2.08 bits per heavy atom. The van der Waals surface area contributed by atoms with E-state index in [9.17, 15) is 5.11 Å². The van der Waals surface area contributed by atoms with Crippen molar-refractivity contribution in [3.8, 4) is 0 Å². The van der Waals surface area contributed by atoms with Gasteiger partial charge in [0.25, 0.3) is 0 Å². The number of allylic oxidation sites excluding steroid dienone is 1. The van der Waals surface area contributed by atoms with Gasteiger partial charge in [-0.2, -0.15) is 0 Å². The van der Waals surface area contributed by atoms with Crippen molar-refractivity contribution < 1.29 is 14.6 Å². The average molecular weight is 347 g/mol. The largest absolute Gasteiger partial charge is 0.512 e. The Labute approximate surface area is 153 Å². The van der Waals surface area contributed by atoms with E-state index in [1.54, 1.807) is 0 Å². The van der Waals surface area contributed by atoms with Crippen LogP contribution in [0.3, 0.4) is 0 Å². The number of ether oxygens (including phenoxy) is 2. The van der Waals surface area contributed by atoms with Crippen LogP contribution in [-0.4, -0.2) is 24.1 Å². The molecule has 0 bridgehead atoms. The van der Waals surface area contributed by atoms with E-state index in [1.165, 1.54) is 50.5 Å². The van der Waals surface area contributed by atoms with E-state index in [-0.39, 0.29) is 0 Å². The number of hydrogen-bond acceptors (Lipinski definition) is 3. The fourth-order valence-corrected chi connectivity index (χ4v) is 3.10. The number of aryl methyl sites for hydroxylation is 1. The van der Waals surface area contributed by atoms with E-state index in [4.69, 9.17) is 9.47 Å². The molecule has 0 spiro atoms. The predicted molar refractivity (Wildman–Crippen MR) is 103 cm³/mol. The highest BCUT2D eigenvalue weighted by Gasteiger charge is 2.26. The van der Waals surface area contributed by atoms with Crippen molar-refractivity contribution in [2.24, 2.45) is 0 Å². The van der Waals surface area contributed by atoms with Crippen LogP contribution < -0.4 is 0 Å². The van der Waals surface area contributed by atoms with Crippen LogP contribution in [0.4, 0.5) is 0 Å². The molecule has 0 aromatic heterocycles. The van der Waals surface area contributed by atoms with Gasteiger partial charge in [-0.1, -0.05) is 62.4 Å². The van der Waals surface area contributed by atoms with Gasteiger partial charge in [-0.25, -0.2) is 0 Å². The molecular weight excluding hydrogens is 312 g/mol. The van der Waals surface area contributed by atoms with E-state index in [0.29, 0.717) is 19.0 Å². The van der Waals surface area contributed by atoms with E-state index in [1.807, 2.05) is 13.8 Å². The van der Waals surface area contributed by atoms with E-state index in [0.717, 1.165) is 18.4 Å². The minimum atomic E-state index is -0.524. The van der Waals surface area contributed by atoms with Crippen molar-refractivity contribution in [1.29, 1.82) is 0 Å². The highest BCUT2D eigenvalue weighted by molar-refractivity contribution is 5.14. The van der Waals surface area contributed by atoms with Gasteiger partial charge in [-0.05, 0) is 38.7 Å². The molecule has 1 saturated heterocycles. The first-order chi connectivity index (χ1) is 12.1.